The van der Waals surface area contributed by atoms with Crippen molar-refractivity contribution < 1.29 is 21.6 Å². The maximum atomic E-state index is 13.6. The molecule has 0 saturated carbocycles. The molecule has 0 aromatic heterocycles. The summed E-state index contributed by atoms with van der Waals surface area (Å²) in [6.45, 7) is 0.916. The molecule has 2 aliphatic heterocycles. The molecule has 10 heteroatoms. The lowest BCUT2D eigenvalue weighted by Crippen LogP contribution is -2.52. The maximum Gasteiger partial charge on any atom is 0.243 e. The summed E-state index contributed by atoms with van der Waals surface area (Å²) >= 11 is 0. The van der Waals surface area contributed by atoms with Gasteiger partial charge in [-0.1, -0.05) is 48.5 Å². The molecule has 0 spiro atoms. The Bertz CT molecular complexity index is 1500. The van der Waals surface area contributed by atoms with E-state index < -0.39 is 26.1 Å². The number of likely N-dealkylation sites (N-methyl/N-ethyl adjacent to an activating group) is 1. The van der Waals surface area contributed by atoms with Gasteiger partial charge in [-0.05, 0) is 60.7 Å². The van der Waals surface area contributed by atoms with Gasteiger partial charge in [0.1, 0.15) is 6.04 Å². The number of carbonyl (C=O) groups excluding carboxylic acids is 1. The van der Waals surface area contributed by atoms with Crippen LogP contribution in [-0.4, -0.2) is 75.0 Å². The van der Waals surface area contributed by atoms with Crippen LogP contribution >= 0.6 is 0 Å². The van der Waals surface area contributed by atoms with Crippen molar-refractivity contribution in [3.05, 3.63) is 72.8 Å². The van der Waals surface area contributed by atoms with E-state index in [0.29, 0.717) is 45.3 Å². The minimum atomic E-state index is -3.85. The first-order valence-electron chi connectivity index (χ1n) is 12.5. The van der Waals surface area contributed by atoms with Gasteiger partial charge in [0.2, 0.25) is 26.0 Å². The van der Waals surface area contributed by atoms with Crippen molar-refractivity contribution in [3.8, 4) is 0 Å². The number of piperidine rings is 1. The third kappa shape index (κ3) is 4.90. The first-order valence-corrected chi connectivity index (χ1v) is 15.4. The van der Waals surface area contributed by atoms with Gasteiger partial charge in [-0.2, -0.15) is 8.61 Å². The Labute approximate surface area is 218 Å². The minimum Gasteiger partial charge on any atom is -0.341 e. The molecule has 37 heavy (non-hydrogen) atoms. The molecule has 5 rings (SSSR count). The second kappa shape index (κ2) is 10.2. The van der Waals surface area contributed by atoms with Gasteiger partial charge in [-0.25, -0.2) is 16.8 Å². The third-order valence-electron chi connectivity index (χ3n) is 7.52. The Balaban J connectivity index is 1.28. The molecule has 2 saturated heterocycles. The average molecular weight is 542 g/mol. The van der Waals surface area contributed by atoms with E-state index >= 15 is 0 Å². The fourth-order valence-electron chi connectivity index (χ4n) is 5.36. The Morgan fingerprint density at radius 2 is 1.41 bits per heavy atom. The van der Waals surface area contributed by atoms with Crippen molar-refractivity contribution in [1.29, 1.82) is 0 Å². The van der Waals surface area contributed by atoms with Crippen LogP contribution in [-0.2, 0) is 24.8 Å². The van der Waals surface area contributed by atoms with E-state index in [9.17, 15) is 21.6 Å². The fourth-order valence-corrected chi connectivity index (χ4v) is 8.54. The molecular weight excluding hydrogens is 510 g/mol. The molecule has 3 aromatic rings. The van der Waals surface area contributed by atoms with Gasteiger partial charge in [-0.3, -0.25) is 4.79 Å². The zero-order valence-electron chi connectivity index (χ0n) is 20.7. The van der Waals surface area contributed by atoms with Crippen molar-refractivity contribution in [2.75, 3.05) is 26.7 Å². The van der Waals surface area contributed by atoms with E-state index in [0.717, 1.165) is 10.8 Å². The van der Waals surface area contributed by atoms with Gasteiger partial charge in [0, 0.05) is 32.7 Å². The van der Waals surface area contributed by atoms with E-state index in [2.05, 4.69) is 0 Å². The van der Waals surface area contributed by atoms with E-state index in [1.807, 2.05) is 24.3 Å². The average Bonchev–Trinajstić information content (AvgIpc) is 3.43. The standard InChI is InChI=1S/C27H31N3O5S2/c1-28(23-15-18-29(19-16-23)36(32,33)24-10-3-2-4-11-24)27(31)26-12-7-17-30(26)37(34,35)25-14-13-21-8-5-6-9-22(21)20-25/h2-6,8-11,13-14,20,23,26H,7,12,15-19H2,1H3/t26-/m0/s1. The number of nitrogens with zero attached hydrogens (tertiary/aromatic N) is 3. The molecule has 196 valence electrons. The molecule has 0 N–H and O–H groups in total. The predicted octanol–water partition coefficient (Wildman–Crippen LogP) is 3.30. The van der Waals surface area contributed by atoms with Crippen LogP contribution in [0.5, 0.6) is 0 Å². The van der Waals surface area contributed by atoms with E-state index in [1.165, 1.54) is 8.61 Å². The molecule has 0 aliphatic carbocycles. The number of hydrogen-bond donors (Lipinski definition) is 0. The van der Waals surface area contributed by atoms with Crippen LogP contribution in [0.3, 0.4) is 0 Å². The van der Waals surface area contributed by atoms with Gasteiger partial charge < -0.3 is 4.90 Å². The number of hydrogen-bond acceptors (Lipinski definition) is 5. The lowest BCUT2D eigenvalue weighted by atomic mass is 10.0. The van der Waals surface area contributed by atoms with Crippen molar-refractivity contribution >= 4 is 36.7 Å². The highest BCUT2D eigenvalue weighted by molar-refractivity contribution is 7.89. The molecule has 2 heterocycles. The number of amides is 1. The number of sulfonamides is 2. The van der Waals surface area contributed by atoms with Crippen molar-refractivity contribution in [2.45, 2.75) is 47.6 Å². The number of benzene rings is 3. The molecule has 2 fully saturated rings. The quantitative estimate of drug-likeness (QED) is 0.477. The summed E-state index contributed by atoms with van der Waals surface area (Å²) in [4.78, 5) is 15.6. The Kier molecular flexibility index (Phi) is 7.10. The normalized spacial score (nSPS) is 20.3. The first kappa shape index (κ1) is 25.8. The zero-order chi connectivity index (χ0) is 26.2. The third-order valence-corrected chi connectivity index (χ3v) is 11.3. The summed E-state index contributed by atoms with van der Waals surface area (Å²) in [5, 5.41) is 1.79. The highest BCUT2D eigenvalue weighted by Crippen LogP contribution is 2.30. The van der Waals surface area contributed by atoms with Gasteiger partial charge in [0.05, 0.1) is 9.79 Å². The molecule has 1 atom stereocenters. The molecule has 2 aliphatic rings. The SMILES string of the molecule is CN(C(=O)[C@@H]1CCCN1S(=O)(=O)c1ccc2ccccc2c1)C1CCN(S(=O)(=O)c2ccccc2)CC1. The zero-order valence-corrected chi connectivity index (χ0v) is 22.4. The summed E-state index contributed by atoms with van der Waals surface area (Å²) in [7, 11) is -5.73. The Hall–Kier alpha value is -2.79. The van der Waals surface area contributed by atoms with Gasteiger partial charge in [-0.15, -0.1) is 0 Å². The summed E-state index contributed by atoms with van der Waals surface area (Å²) < 4.78 is 55.8. The highest BCUT2D eigenvalue weighted by atomic mass is 32.2. The van der Waals surface area contributed by atoms with Crippen LogP contribution in [0.4, 0.5) is 0 Å². The molecule has 3 aromatic carbocycles. The van der Waals surface area contributed by atoms with Crippen molar-refractivity contribution in [2.24, 2.45) is 0 Å². The van der Waals surface area contributed by atoms with Gasteiger partial charge >= 0.3 is 0 Å². The monoisotopic (exact) mass is 541 g/mol. The van der Waals surface area contributed by atoms with Crippen LogP contribution in [0.1, 0.15) is 25.7 Å². The van der Waals surface area contributed by atoms with Crippen LogP contribution in [0, 0.1) is 0 Å². The van der Waals surface area contributed by atoms with Crippen molar-refractivity contribution in [1.82, 2.24) is 13.5 Å². The fraction of sp³-hybridized carbons (Fsp3) is 0.370. The lowest BCUT2D eigenvalue weighted by Gasteiger charge is -2.38. The second-order valence-electron chi connectivity index (χ2n) is 9.68. The smallest absolute Gasteiger partial charge is 0.243 e. The van der Waals surface area contributed by atoms with E-state index in [4.69, 9.17) is 0 Å². The van der Waals surface area contributed by atoms with Crippen LogP contribution in [0.2, 0.25) is 0 Å². The molecule has 0 radical (unpaired) electrons. The maximum absolute atomic E-state index is 13.6. The molecule has 8 nitrogen and oxygen atoms in total. The lowest BCUT2D eigenvalue weighted by molar-refractivity contribution is -0.136. The van der Waals surface area contributed by atoms with Gasteiger partial charge in [0.25, 0.3) is 0 Å². The molecular formula is C27H31N3O5S2. The summed E-state index contributed by atoms with van der Waals surface area (Å²) in [6, 6.07) is 20.1. The predicted molar refractivity (Wildman–Crippen MR) is 142 cm³/mol. The van der Waals surface area contributed by atoms with E-state index in [1.54, 1.807) is 60.5 Å². The topological polar surface area (TPSA) is 95.1 Å². The first-order chi connectivity index (χ1) is 17.7. The van der Waals surface area contributed by atoms with E-state index in [-0.39, 0.29) is 21.7 Å². The highest BCUT2D eigenvalue weighted by Gasteiger charge is 2.42. The number of fused-ring (bicyclic) bond motifs is 1. The molecule has 0 unspecified atom stereocenters. The Morgan fingerprint density at radius 1 is 0.757 bits per heavy atom. The van der Waals surface area contributed by atoms with Crippen LogP contribution in [0.15, 0.2) is 82.6 Å². The van der Waals surface area contributed by atoms with Crippen LogP contribution < -0.4 is 0 Å². The van der Waals surface area contributed by atoms with Crippen LogP contribution in [0.25, 0.3) is 10.8 Å². The van der Waals surface area contributed by atoms with Crippen molar-refractivity contribution in [3.63, 3.8) is 0 Å². The summed E-state index contributed by atoms with van der Waals surface area (Å²) in [5.74, 6) is -0.230. The molecule has 0 bridgehead atoms. The summed E-state index contributed by atoms with van der Waals surface area (Å²) in [5.41, 5.74) is 0. The van der Waals surface area contributed by atoms with Gasteiger partial charge in [0.15, 0.2) is 0 Å². The molecule has 1 amide bonds. The second-order valence-corrected chi connectivity index (χ2v) is 13.5. The summed E-state index contributed by atoms with van der Waals surface area (Å²) in [6.07, 6.45) is 2.08. The largest absolute Gasteiger partial charge is 0.341 e. The number of rotatable bonds is 6. The number of carbonyl (C=O) groups is 1. The minimum absolute atomic E-state index is 0.152. The Morgan fingerprint density at radius 3 is 2.11 bits per heavy atom.